The average Bonchev–Trinajstić information content (AvgIpc) is 3.06. The Morgan fingerprint density at radius 3 is 1.86 bits per heavy atom. The molecule has 9 nitrogen and oxygen atoms in total. The third kappa shape index (κ3) is 9.91. The van der Waals surface area contributed by atoms with E-state index in [-0.39, 0.29) is 19.8 Å². The lowest BCUT2D eigenvalue weighted by Gasteiger charge is -2.45. The van der Waals surface area contributed by atoms with Gasteiger partial charge in [0.15, 0.2) is 6.29 Å². The van der Waals surface area contributed by atoms with E-state index in [1.54, 1.807) is 13.2 Å². The molecule has 3 aromatic rings. The van der Waals surface area contributed by atoms with Crippen LogP contribution in [0.15, 0.2) is 97.6 Å². The van der Waals surface area contributed by atoms with Gasteiger partial charge in [0.25, 0.3) is 0 Å². The Morgan fingerprint density at radius 1 is 0.744 bits per heavy atom. The summed E-state index contributed by atoms with van der Waals surface area (Å²) in [5, 5.41) is 0. The van der Waals surface area contributed by atoms with E-state index in [0.29, 0.717) is 19.6 Å². The van der Waals surface area contributed by atoms with Gasteiger partial charge in [-0.05, 0) is 35.2 Å². The zero-order chi connectivity index (χ0) is 30.3. The number of methoxy groups -OCH3 is 2. The summed E-state index contributed by atoms with van der Waals surface area (Å²) in [6.45, 7) is 4.51. The van der Waals surface area contributed by atoms with Gasteiger partial charge in [0.2, 0.25) is 0 Å². The second kappa shape index (κ2) is 17.4. The number of benzene rings is 3. The van der Waals surface area contributed by atoms with E-state index in [4.69, 9.17) is 37.9 Å². The van der Waals surface area contributed by atoms with Crippen LogP contribution in [-0.2, 0) is 53.0 Å². The maximum absolute atomic E-state index is 12.3. The Morgan fingerprint density at radius 2 is 1.30 bits per heavy atom. The first-order chi connectivity index (χ1) is 21.1. The van der Waals surface area contributed by atoms with Crippen LogP contribution in [-0.4, -0.2) is 64.3 Å². The third-order valence-corrected chi connectivity index (χ3v) is 6.90. The highest BCUT2D eigenvalue weighted by molar-refractivity contribution is 5.59. The number of ether oxygens (including phenoxy) is 8. The summed E-state index contributed by atoms with van der Waals surface area (Å²) in [6, 6.07) is 27.2. The SMILES string of the molecule is C=CCCOC(=O)OC[C@H]1O[C@H](OC)[C@H](OCc2ccccc2)[C@@H](OCc2ccccc2)[C@@H]1OCc1ccc(OC)cc1. The van der Waals surface area contributed by atoms with E-state index in [9.17, 15) is 4.79 Å². The van der Waals surface area contributed by atoms with E-state index in [1.165, 1.54) is 7.11 Å². The molecule has 1 saturated heterocycles. The summed E-state index contributed by atoms with van der Waals surface area (Å²) < 4.78 is 47.4. The fourth-order valence-electron chi connectivity index (χ4n) is 4.63. The van der Waals surface area contributed by atoms with Gasteiger partial charge < -0.3 is 37.9 Å². The molecule has 1 heterocycles. The molecule has 3 aromatic carbocycles. The van der Waals surface area contributed by atoms with Gasteiger partial charge in [-0.25, -0.2) is 4.79 Å². The molecule has 0 radical (unpaired) electrons. The van der Waals surface area contributed by atoms with Crippen molar-refractivity contribution in [1.29, 1.82) is 0 Å². The molecule has 0 spiro atoms. The number of hydrogen-bond acceptors (Lipinski definition) is 9. The molecule has 9 heteroatoms. The second-order valence-electron chi connectivity index (χ2n) is 9.91. The van der Waals surface area contributed by atoms with Crippen molar-refractivity contribution in [2.45, 2.75) is 56.9 Å². The van der Waals surface area contributed by atoms with Gasteiger partial charge >= 0.3 is 6.16 Å². The first kappa shape index (κ1) is 32.2. The zero-order valence-electron chi connectivity index (χ0n) is 24.7. The molecule has 1 aliphatic heterocycles. The Bertz CT molecular complexity index is 1220. The van der Waals surface area contributed by atoms with Gasteiger partial charge in [0, 0.05) is 7.11 Å². The molecule has 0 aliphatic carbocycles. The van der Waals surface area contributed by atoms with Gasteiger partial charge in [-0.2, -0.15) is 0 Å². The number of rotatable bonds is 16. The van der Waals surface area contributed by atoms with E-state index < -0.39 is 36.9 Å². The topological polar surface area (TPSA) is 90.9 Å². The van der Waals surface area contributed by atoms with Crippen LogP contribution in [0.5, 0.6) is 5.75 Å². The van der Waals surface area contributed by atoms with Crippen molar-refractivity contribution >= 4 is 6.16 Å². The third-order valence-electron chi connectivity index (χ3n) is 6.90. The molecule has 230 valence electrons. The Balaban J connectivity index is 1.58. The minimum atomic E-state index is -0.823. The summed E-state index contributed by atoms with van der Waals surface area (Å²) in [5.41, 5.74) is 2.89. The van der Waals surface area contributed by atoms with Crippen molar-refractivity contribution in [3.63, 3.8) is 0 Å². The normalized spacial score (nSPS) is 21.6. The van der Waals surface area contributed by atoms with Crippen molar-refractivity contribution in [3.05, 3.63) is 114 Å². The quantitative estimate of drug-likeness (QED) is 0.115. The van der Waals surface area contributed by atoms with Crippen LogP contribution >= 0.6 is 0 Å². The van der Waals surface area contributed by atoms with E-state index in [0.717, 1.165) is 22.4 Å². The van der Waals surface area contributed by atoms with Crippen LogP contribution in [0.3, 0.4) is 0 Å². The van der Waals surface area contributed by atoms with Crippen molar-refractivity contribution in [3.8, 4) is 5.75 Å². The fraction of sp³-hybridized carbons (Fsp3) is 0.382. The monoisotopic (exact) mass is 592 g/mol. The summed E-state index contributed by atoms with van der Waals surface area (Å²) in [5.74, 6) is 0.743. The first-order valence-electron chi connectivity index (χ1n) is 14.3. The molecule has 0 amide bonds. The molecule has 0 aromatic heterocycles. The van der Waals surface area contributed by atoms with Crippen LogP contribution in [0.25, 0.3) is 0 Å². The average molecular weight is 593 g/mol. The summed E-state index contributed by atoms with van der Waals surface area (Å²) in [7, 11) is 3.16. The predicted octanol–water partition coefficient (Wildman–Crippen LogP) is 5.85. The van der Waals surface area contributed by atoms with Crippen molar-refractivity contribution in [2.24, 2.45) is 0 Å². The molecule has 0 N–H and O–H groups in total. The minimum absolute atomic E-state index is 0.142. The van der Waals surface area contributed by atoms with Gasteiger partial charge in [-0.1, -0.05) is 78.9 Å². The molecule has 0 bridgehead atoms. The van der Waals surface area contributed by atoms with Gasteiger partial charge in [-0.15, -0.1) is 6.58 Å². The highest BCUT2D eigenvalue weighted by atomic mass is 16.7. The summed E-state index contributed by atoms with van der Waals surface area (Å²) in [6.07, 6.45) is -2.20. The van der Waals surface area contributed by atoms with Crippen molar-refractivity contribution in [2.75, 3.05) is 27.4 Å². The lowest BCUT2D eigenvalue weighted by molar-refractivity contribution is -0.321. The molecule has 1 fully saturated rings. The predicted molar refractivity (Wildman–Crippen MR) is 159 cm³/mol. The van der Waals surface area contributed by atoms with Gasteiger partial charge in [-0.3, -0.25) is 0 Å². The maximum atomic E-state index is 12.3. The molecular formula is C34H40O9. The lowest BCUT2D eigenvalue weighted by atomic mass is 9.98. The second-order valence-corrected chi connectivity index (χ2v) is 9.91. The molecule has 43 heavy (non-hydrogen) atoms. The van der Waals surface area contributed by atoms with E-state index in [1.807, 2.05) is 84.9 Å². The fourth-order valence-corrected chi connectivity index (χ4v) is 4.63. The van der Waals surface area contributed by atoms with Gasteiger partial charge in [0.1, 0.15) is 36.8 Å². The van der Waals surface area contributed by atoms with Crippen LogP contribution < -0.4 is 4.74 Å². The van der Waals surface area contributed by atoms with Crippen LogP contribution in [0.1, 0.15) is 23.1 Å². The Kier molecular flexibility index (Phi) is 13.0. The summed E-state index contributed by atoms with van der Waals surface area (Å²) in [4.78, 5) is 12.3. The van der Waals surface area contributed by atoms with Crippen LogP contribution in [0.4, 0.5) is 4.79 Å². The summed E-state index contributed by atoms with van der Waals surface area (Å²) >= 11 is 0. The molecule has 1 aliphatic rings. The number of carbonyl (C=O) groups is 1. The van der Waals surface area contributed by atoms with Crippen LogP contribution in [0, 0.1) is 0 Å². The number of hydrogen-bond donors (Lipinski definition) is 0. The van der Waals surface area contributed by atoms with Crippen molar-refractivity contribution in [1.82, 2.24) is 0 Å². The van der Waals surface area contributed by atoms with Crippen molar-refractivity contribution < 1.29 is 42.7 Å². The molecule has 0 saturated carbocycles. The largest absolute Gasteiger partial charge is 0.508 e. The Labute approximate surface area is 253 Å². The molecular weight excluding hydrogens is 552 g/mol. The highest BCUT2D eigenvalue weighted by Crippen LogP contribution is 2.31. The molecule has 5 atom stereocenters. The zero-order valence-corrected chi connectivity index (χ0v) is 24.7. The molecule has 0 unspecified atom stereocenters. The molecule has 4 rings (SSSR count). The van der Waals surface area contributed by atoms with E-state index >= 15 is 0 Å². The highest BCUT2D eigenvalue weighted by Gasteiger charge is 2.49. The van der Waals surface area contributed by atoms with Gasteiger partial charge in [0.05, 0.1) is 33.5 Å². The standard InChI is InChI=1S/C34H40O9/c1-4-5-20-38-34(35)42-24-29-30(39-23-27-16-18-28(36-2)19-17-27)31(40-21-25-12-8-6-9-13-25)32(33(37-3)43-29)41-22-26-14-10-7-11-15-26/h4,6-19,29-33H,1,5,20-24H2,2-3H3/t29-,30-,31+,32-,33+/m1/s1. The Hall–Kier alpha value is -3.73. The number of carbonyl (C=O) groups excluding carboxylic acids is 1. The van der Waals surface area contributed by atoms with Crippen LogP contribution in [0.2, 0.25) is 0 Å². The van der Waals surface area contributed by atoms with E-state index in [2.05, 4.69) is 6.58 Å². The lowest BCUT2D eigenvalue weighted by Crippen LogP contribution is -2.61. The first-order valence-corrected chi connectivity index (χ1v) is 14.3. The maximum Gasteiger partial charge on any atom is 0.508 e. The smallest absolute Gasteiger partial charge is 0.497 e. The minimum Gasteiger partial charge on any atom is -0.497 e.